The van der Waals surface area contributed by atoms with E-state index in [9.17, 15) is 9.90 Å². The zero-order valence-electron chi connectivity index (χ0n) is 11.0. The van der Waals surface area contributed by atoms with E-state index in [0.29, 0.717) is 24.7 Å². The maximum atomic E-state index is 12.0. The van der Waals surface area contributed by atoms with Crippen LogP contribution in [0.4, 0.5) is 0 Å². The van der Waals surface area contributed by atoms with Crippen LogP contribution in [0.25, 0.3) is 0 Å². The second-order valence-electron chi connectivity index (χ2n) is 5.99. The van der Waals surface area contributed by atoms with Crippen molar-refractivity contribution >= 4 is 5.97 Å². The van der Waals surface area contributed by atoms with Crippen molar-refractivity contribution in [3.05, 3.63) is 0 Å². The Labute approximate surface area is 98.2 Å². The van der Waals surface area contributed by atoms with Crippen molar-refractivity contribution in [3.8, 4) is 0 Å². The summed E-state index contributed by atoms with van der Waals surface area (Å²) in [5.74, 6) is 0.641. The number of hydrogen-bond acceptors (Lipinski definition) is 3. The van der Waals surface area contributed by atoms with Crippen LogP contribution in [0.5, 0.6) is 0 Å². The lowest BCUT2D eigenvalue weighted by Gasteiger charge is -2.47. The molecule has 1 rings (SSSR count). The van der Waals surface area contributed by atoms with E-state index in [1.807, 2.05) is 0 Å². The lowest BCUT2D eigenvalue weighted by molar-refractivity contribution is -0.178. The van der Waals surface area contributed by atoms with Gasteiger partial charge in [0.2, 0.25) is 0 Å². The first kappa shape index (κ1) is 13.5. The lowest BCUT2D eigenvalue weighted by atomic mass is 9.59. The van der Waals surface area contributed by atoms with E-state index >= 15 is 0 Å². The van der Waals surface area contributed by atoms with Gasteiger partial charge in [0.15, 0.2) is 0 Å². The van der Waals surface area contributed by atoms with E-state index in [0.717, 1.165) is 6.42 Å². The van der Waals surface area contributed by atoms with Gasteiger partial charge in [-0.25, -0.2) is 0 Å². The van der Waals surface area contributed by atoms with Crippen LogP contribution < -0.4 is 0 Å². The molecule has 16 heavy (non-hydrogen) atoms. The lowest BCUT2D eigenvalue weighted by Crippen LogP contribution is -2.53. The van der Waals surface area contributed by atoms with Gasteiger partial charge in [-0.2, -0.15) is 0 Å². The Morgan fingerprint density at radius 1 is 1.31 bits per heavy atom. The summed E-state index contributed by atoms with van der Waals surface area (Å²) >= 11 is 0. The fourth-order valence-electron chi connectivity index (χ4n) is 3.24. The first-order chi connectivity index (χ1) is 7.23. The molecule has 0 saturated heterocycles. The molecule has 0 aromatic carbocycles. The molecule has 1 aliphatic carbocycles. The van der Waals surface area contributed by atoms with Crippen LogP contribution in [-0.2, 0) is 9.53 Å². The number of ether oxygens (including phenoxy) is 1. The van der Waals surface area contributed by atoms with Gasteiger partial charge < -0.3 is 9.84 Å². The predicted octanol–water partition coefficient (Wildman–Crippen LogP) is 2.37. The average molecular weight is 228 g/mol. The SMILES string of the molecule is COC(=O)C1(C(C)(C)O)CC(C)CC(C)C1. The van der Waals surface area contributed by atoms with Gasteiger partial charge in [-0.05, 0) is 44.9 Å². The van der Waals surface area contributed by atoms with Crippen LogP contribution in [0.1, 0.15) is 47.0 Å². The van der Waals surface area contributed by atoms with Crippen molar-refractivity contribution in [2.75, 3.05) is 7.11 Å². The molecular weight excluding hydrogens is 204 g/mol. The Bertz CT molecular complexity index is 255. The molecule has 0 aromatic heterocycles. The standard InChI is InChI=1S/C13H24O3/c1-9-6-10(2)8-13(7-9,11(14)16-5)12(3,4)15/h9-10,15H,6-8H2,1-5H3. The van der Waals surface area contributed by atoms with Crippen LogP contribution >= 0.6 is 0 Å². The van der Waals surface area contributed by atoms with E-state index < -0.39 is 11.0 Å². The van der Waals surface area contributed by atoms with E-state index in [1.165, 1.54) is 7.11 Å². The van der Waals surface area contributed by atoms with Gasteiger partial charge >= 0.3 is 5.97 Å². The van der Waals surface area contributed by atoms with Gasteiger partial charge in [0.25, 0.3) is 0 Å². The summed E-state index contributed by atoms with van der Waals surface area (Å²) in [7, 11) is 1.40. The molecule has 3 nitrogen and oxygen atoms in total. The normalized spacial score (nSPS) is 35.9. The fraction of sp³-hybridized carbons (Fsp3) is 0.923. The minimum Gasteiger partial charge on any atom is -0.469 e. The molecule has 3 heteroatoms. The molecule has 1 fully saturated rings. The second kappa shape index (κ2) is 4.36. The molecule has 1 saturated carbocycles. The van der Waals surface area contributed by atoms with Crippen LogP contribution in [0, 0.1) is 17.3 Å². The van der Waals surface area contributed by atoms with Crippen molar-refractivity contribution in [1.82, 2.24) is 0 Å². The highest BCUT2D eigenvalue weighted by molar-refractivity contribution is 5.78. The summed E-state index contributed by atoms with van der Waals surface area (Å²) in [6.07, 6.45) is 2.55. The molecule has 2 unspecified atom stereocenters. The largest absolute Gasteiger partial charge is 0.469 e. The molecule has 0 spiro atoms. The minimum atomic E-state index is -1.02. The Balaban J connectivity index is 3.09. The molecule has 0 amide bonds. The first-order valence-corrected chi connectivity index (χ1v) is 6.03. The molecule has 1 N–H and O–H groups in total. The van der Waals surface area contributed by atoms with Gasteiger partial charge in [-0.15, -0.1) is 0 Å². The Hall–Kier alpha value is -0.570. The molecule has 0 aliphatic heterocycles. The Morgan fingerprint density at radius 3 is 2.06 bits per heavy atom. The summed E-state index contributed by atoms with van der Waals surface area (Å²) < 4.78 is 4.92. The fourth-order valence-corrected chi connectivity index (χ4v) is 3.24. The minimum absolute atomic E-state index is 0.265. The van der Waals surface area contributed by atoms with Gasteiger partial charge in [-0.3, -0.25) is 4.79 Å². The summed E-state index contributed by atoms with van der Waals surface area (Å²) in [5, 5.41) is 10.3. The third kappa shape index (κ3) is 2.24. The zero-order chi connectivity index (χ0) is 12.6. The molecule has 2 atom stereocenters. The van der Waals surface area contributed by atoms with E-state index in [1.54, 1.807) is 13.8 Å². The third-order valence-electron chi connectivity index (χ3n) is 3.95. The van der Waals surface area contributed by atoms with Crippen molar-refractivity contribution < 1.29 is 14.6 Å². The summed E-state index contributed by atoms with van der Waals surface area (Å²) in [5.41, 5.74) is -1.76. The van der Waals surface area contributed by atoms with Gasteiger partial charge in [0, 0.05) is 0 Å². The quantitative estimate of drug-likeness (QED) is 0.738. The number of rotatable bonds is 2. The maximum absolute atomic E-state index is 12.0. The van der Waals surface area contributed by atoms with Crippen LogP contribution in [0.3, 0.4) is 0 Å². The average Bonchev–Trinajstić information content (AvgIpc) is 2.13. The Morgan fingerprint density at radius 2 is 1.75 bits per heavy atom. The number of hydrogen-bond donors (Lipinski definition) is 1. The van der Waals surface area contributed by atoms with Crippen LogP contribution in [-0.4, -0.2) is 23.8 Å². The number of esters is 1. The number of carbonyl (C=O) groups is 1. The van der Waals surface area contributed by atoms with Gasteiger partial charge in [-0.1, -0.05) is 13.8 Å². The Kier molecular flexibility index (Phi) is 3.68. The molecular formula is C13H24O3. The highest BCUT2D eigenvalue weighted by atomic mass is 16.5. The predicted molar refractivity (Wildman–Crippen MR) is 62.9 cm³/mol. The van der Waals surface area contributed by atoms with Crippen molar-refractivity contribution in [2.45, 2.75) is 52.6 Å². The van der Waals surface area contributed by atoms with Gasteiger partial charge in [0.05, 0.1) is 18.1 Å². The van der Waals surface area contributed by atoms with Crippen LogP contribution in [0.2, 0.25) is 0 Å². The van der Waals surface area contributed by atoms with E-state index in [2.05, 4.69) is 13.8 Å². The number of carbonyl (C=O) groups excluding carboxylic acids is 1. The molecule has 0 heterocycles. The summed E-state index contributed by atoms with van der Waals surface area (Å²) in [6.45, 7) is 7.71. The van der Waals surface area contributed by atoms with E-state index in [-0.39, 0.29) is 5.97 Å². The number of aliphatic hydroxyl groups is 1. The first-order valence-electron chi connectivity index (χ1n) is 6.03. The summed E-state index contributed by atoms with van der Waals surface area (Å²) in [4.78, 5) is 12.0. The molecule has 0 bridgehead atoms. The highest BCUT2D eigenvalue weighted by Gasteiger charge is 2.54. The van der Waals surface area contributed by atoms with Crippen LogP contribution in [0.15, 0.2) is 0 Å². The maximum Gasteiger partial charge on any atom is 0.314 e. The molecule has 0 aromatic rings. The van der Waals surface area contributed by atoms with Crippen molar-refractivity contribution in [3.63, 3.8) is 0 Å². The third-order valence-corrected chi connectivity index (χ3v) is 3.95. The van der Waals surface area contributed by atoms with Gasteiger partial charge in [0.1, 0.15) is 0 Å². The molecule has 94 valence electrons. The molecule has 1 aliphatic rings. The topological polar surface area (TPSA) is 46.5 Å². The summed E-state index contributed by atoms with van der Waals surface area (Å²) in [6, 6.07) is 0. The van der Waals surface area contributed by atoms with E-state index in [4.69, 9.17) is 4.74 Å². The second-order valence-corrected chi connectivity index (χ2v) is 5.99. The monoisotopic (exact) mass is 228 g/mol. The zero-order valence-corrected chi connectivity index (χ0v) is 11.0. The number of methoxy groups -OCH3 is 1. The molecule has 0 radical (unpaired) electrons. The van der Waals surface area contributed by atoms with Crippen molar-refractivity contribution in [1.29, 1.82) is 0 Å². The smallest absolute Gasteiger partial charge is 0.314 e. The van der Waals surface area contributed by atoms with Crippen molar-refractivity contribution in [2.24, 2.45) is 17.3 Å². The highest BCUT2D eigenvalue weighted by Crippen LogP contribution is 2.49.